The van der Waals surface area contributed by atoms with Crippen molar-refractivity contribution in [3.8, 4) is 0 Å². The maximum absolute atomic E-state index is 11.0. The minimum Gasteiger partial charge on any atom is -0.368 e. The molecule has 0 saturated heterocycles. The lowest BCUT2D eigenvalue weighted by molar-refractivity contribution is -0.116. The molecule has 0 aliphatic carbocycles. The fourth-order valence-corrected chi connectivity index (χ4v) is 1.92. The molecule has 1 heterocycles. The SMILES string of the molecule is CSc1nc(Cl)cc(N(CC(N)=O)C(C)C)n1. The molecule has 0 atom stereocenters. The van der Waals surface area contributed by atoms with E-state index in [1.54, 1.807) is 11.0 Å². The Balaban J connectivity index is 3.08. The quantitative estimate of drug-likeness (QED) is 0.501. The zero-order chi connectivity index (χ0) is 13.0. The highest BCUT2D eigenvalue weighted by Gasteiger charge is 2.16. The van der Waals surface area contributed by atoms with Crippen LogP contribution in [0.2, 0.25) is 5.15 Å². The molecule has 0 fully saturated rings. The first-order valence-electron chi connectivity index (χ1n) is 5.07. The predicted octanol–water partition coefficient (Wildman–Crippen LogP) is 1.55. The Kier molecular flexibility index (Phi) is 5.02. The molecule has 0 spiro atoms. The Morgan fingerprint density at radius 3 is 2.71 bits per heavy atom. The van der Waals surface area contributed by atoms with Gasteiger partial charge in [-0.15, -0.1) is 0 Å². The fraction of sp³-hybridized carbons (Fsp3) is 0.500. The van der Waals surface area contributed by atoms with Crippen LogP contribution >= 0.6 is 23.4 Å². The Morgan fingerprint density at radius 1 is 1.59 bits per heavy atom. The molecule has 7 heteroatoms. The number of carbonyl (C=O) groups excluding carboxylic acids is 1. The molecular weight excluding hydrogens is 260 g/mol. The van der Waals surface area contributed by atoms with Gasteiger partial charge in [-0.2, -0.15) is 0 Å². The number of halogens is 1. The summed E-state index contributed by atoms with van der Waals surface area (Å²) in [4.78, 5) is 21.2. The molecule has 0 unspecified atom stereocenters. The minimum atomic E-state index is -0.404. The zero-order valence-corrected chi connectivity index (χ0v) is 11.5. The first kappa shape index (κ1) is 14.1. The van der Waals surface area contributed by atoms with Crippen LogP contribution in [-0.2, 0) is 4.79 Å². The second-order valence-corrected chi connectivity index (χ2v) is 4.88. The molecule has 0 bridgehead atoms. The van der Waals surface area contributed by atoms with Crippen molar-refractivity contribution in [2.45, 2.75) is 25.0 Å². The molecular formula is C10H15ClN4OS. The molecule has 0 aliphatic heterocycles. The lowest BCUT2D eigenvalue weighted by Crippen LogP contribution is -2.39. The van der Waals surface area contributed by atoms with Crippen molar-refractivity contribution in [2.24, 2.45) is 5.73 Å². The summed E-state index contributed by atoms with van der Waals surface area (Å²) < 4.78 is 0. The summed E-state index contributed by atoms with van der Waals surface area (Å²) in [7, 11) is 0. The highest BCUT2D eigenvalue weighted by molar-refractivity contribution is 7.98. The van der Waals surface area contributed by atoms with Gasteiger partial charge in [0.2, 0.25) is 5.91 Å². The number of hydrogen-bond donors (Lipinski definition) is 1. The Labute approximate surface area is 110 Å². The molecule has 17 heavy (non-hydrogen) atoms. The van der Waals surface area contributed by atoms with E-state index in [-0.39, 0.29) is 12.6 Å². The molecule has 1 rings (SSSR count). The summed E-state index contributed by atoms with van der Waals surface area (Å²) in [5.74, 6) is 0.210. The highest BCUT2D eigenvalue weighted by Crippen LogP contribution is 2.21. The van der Waals surface area contributed by atoms with Gasteiger partial charge < -0.3 is 10.6 Å². The largest absolute Gasteiger partial charge is 0.368 e. The van der Waals surface area contributed by atoms with Gasteiger partial charge >= 0.3 is 0 Å². The van der Waals surface area contributed by atoms with Gasteiger partial charge in [0.25, 0.3) is 0 Å². The smallest absolute Gasteiger partial charge is 0.237 e. The van der Waals surface area contributed by atoms with Gasteiger partial charge in [0, 0.05) is 12.1 Å². The molecule has 0 saturated carbocycles. The number of amides is 1. The molecule has 0 radical (unpaired) electrons. The number of nitrogens with two attached hydrogens (primary N) is 1. The van der Waals surface area contributed by atoms with Crippen LogP contribution in [-0.4, -0.2) is 34.7 Å². The molecule has 1 amide bonds. The van der Waals surface area contributed by atoms with Gasteiger partial charge in [0.05, 0.1) is 6.54 Å². The Morgan fingerprint density at radius 2 is 2.24 bits per heavy atom. The van der Waals surface area contributed by atoms with E-state index in [2.05, 4.69) is 9.97 Å². The van der Waals surface area contributed by atoms with Crippen molar-refractivity contribution in [1.82, 2.24) is 9.97 Å². The number of anilines is 1. The molecule has 2 N–H and O–H groups in total. The summed E-state index contributed by atoms with van der Waals surface area (Å²) in [6.45, 7) is 4.02. The standard InChI is InChI=1S/C10H15ClN4OS/c1-6(2)15(5-8(12)16)9-4-7(11)13-10(14-9)17-3/h4,6H,5H2,1-3H3,(H2,12,16). The third-order valence-corrected chi connectivity index (χ3v) is 2.83. The van der Waals surface area contributed by atoms with E-state index >= 15 is 0 Å². The summed E-state index contributed by atoms with van der Waals surface area (Å²) in [6, 6.07) is 1.73. The highest BCUT2D eigenvalue weighted by atomic mass is 35.5. The zero-order valence-electron chi connectivity index (χ0n) is 9.98. The maximum atomic E-state index is 11.0. The first-order chi connectivity index (χ1) is 7.93. The van der Waals surface area contributed by atoms with Crippen molar-refractivity contribution in [1.29, 1.82) is 0 Å². The average Bonchev–Trinajstić information content (AvgIpc) is 2.24. The van der Waals surface area contributed by atoms with E-state index in [1.807, 2.05) is 20.1 Å². The lowest BCUT2D eigenvalue weighted by Gasteiger charge is -2.26. The second kappa shape index (κ2) is 6.07. The lowest BCUT2D eigenvalue weighted by atomic mass is 10.3. The topological polar surface area (TPSA) is 72.1 Å². The van der Waals surface area contributed by atoms with Crippen molar-refractivity contribution in [3.63, 3.8) is 0 Å². The summed E-state index contributed by atoms with van der Waals surface area (Å²) in [6.07, 6.45) is 1.86. The second-order valence-electron chi connectivity index (χ2n) is 3.72. The minimum absolute atomic E-state index is 0.100. The monoisotopic (exact) mass is 274 g/mol. The van der Waals surface area contributed by atoms with E-state index in [1.165, 1.54) is 11.8 Å². The molecule has 1 aromatic rings. The van der Waals surface area contributed by atoms with Gasteiger partial charge in [-0.1, -0.05) is 23.4 Å². The summed E-state index contributed by atoms with van der Waals surface area (Å²) in [5, 5.41) is 0.928. The van der Waals surface area contributed by atoms with E-state index in [0.717, 1.165) is 0 Å². The van der Waals surface area contributed by atoms with Gasteiger partial charge in [-0.05, 0) is 20.1 Å². The number of aromatic nitrogens is 2. The number of nitrogens with zero attached hydrogens (tertiary/aromatic N) is 3. The average molecular weight is 275 g/mol. The van der Waals surface area contributed by atoms with Crippen LogP contribution < -0.4 is 10.6 Å². The normalized spacial score (nSPS) is 10.6. The molecule has 0 aromatic carbocycles. The van der Waals surface area contributed by atoms with Crippen LogP contribution in [0.5, 0.6) is 0 Å². The van der Waals surface area contributed by atoms with Crippen LogP contribution in [0.15, 0.2) is 11.2 Å². The van der Waals surface area contributed by atoms with Crippen LogP contribution in [0.3, 0.4) is 0 Å². The van der Waals surface area contributed by atoms with Crippen LogP contribution in [0.1, 0.15) is 13.8 Å². The van der Waals surface area contributed by atoms with Crippen LogP contribution in [0, 0.1) is 0 Å². The van der Waals surface area contributed by atoms with E-state index in [4.69, 9.17) is 17.3 Å². The van der Waals surface area contributed by atoms with Crippen LogP contribution in [0.4, 0.5) is 5.82 Å². The fourth-order valence-electron chi connectivity index (χ4n) is 1.32. The van der Waals surface area contributed by atoms with Crippen molar-refractivity contribution < 1.29 is 4.79 Å². The maximum Gasteiger partial charge on any atom is 0.237 e. The van der Waals surface area contributed by atoms with Gasteiger partial charge in [-0.3, -0.25) is 4.79 Å². The van der Waals surface area contributed by atoms with E-state index in [9.17, 15) is 4.79 Å². The van der Waals surface area contributed by atoms with E-state index in [0.29, 0.717) is 16.1 Å². The number of primary amides is 1. The first-order valence-corrected chi connectivity index (χ1v) is 6.67. The van der Waals surface area contributed by atoms with Crippen molar-refractivity contribution in [2.75, 3.05) is 17.7 Å². The molecule has 94 valence electrons. The number of hydrogen-bond acceptors (Lipinski definition) is 5. The molecule has 5 nitrogen and oxygen atoms in total. The predicted molar refractivity (Wildman–Crippen MR) is 70.5 cm³/mol. The van der Waals surface area contributed by atoms with E-state index < -0.39 is 5.91 Å². The third-order valence-electron chi connectivity index (χ3n) is 2.09. The third kappa shape index (κ3) is 4.05. The van der Waals surface area contributed by atoms with Crippen molar-refractivity contribution >= 4 is 35.1 Å². The van der Waals surface area contributed by atoms with Gasteiger partial charge in [0.15, 0.2) is 5.16 Å². The van der Waals surface area contributed by atoms with Gasteiger partial charge in [0.1, 0.15) is 11.0 Å². The summed E-state index contributed by atoms with van der Waals surface area (Å²) in [5.41, 5.74) is 5.21. The number of carbonyl (C=O) groups is 1. The molecule has 1 aromatic heterocycles. The number of thioether (sulfide) groups is 1. The Hall–Kier alpha value is -1.01. The summed E-state index contributed by atoms with van der Waals surface area (Å²) >= 11 is 7.30. The molecule has 0 aliphatic rings. The van der Waals surface area contributed by atoms with Gasteiger partial charge in [-0.25, -0.2) is 9.97 Å². The van der Waals surface area contributed by atoms with Crippen LogP contribution in [0.25, 0.3) is 0 Å². The van der Waals surface area contributed by atoms with Crippen molar-refractivity contribution in [3.05, 3.63) is 11.2 Å². The Bertz CT molecular complexity index is 413. The number of rotatable bonds is 5.